The molecule has 4 fully saturated rings. The second kappa shape index (κ2) is 6.79. The van der Waals surface area contributed by atoms with Gasteiger partial charge in [-0.2, -0.15) is 0 Å². The molecule has 6 nitrogen and oxygen atoms in total. The molecule has 0 spiro atoms. The minimum Gasteiger partial charge on any atom is -0.462 e. The minimum atomic E-state index is -1.23. The molecule has 4 rings (SSSR count). The summed E-state index contributed by atoms with van der Waals surface area (Å²) in [5.74, 6) is 0.452. The lowest BCUT2D eigenvalue weighted by molar-refractivity contribution is -0.269. The Morgan fingerprint density at radius 1 is 1.00 bits per heavy atom. The highest BCUT2D eigenvalue weighted by Gasteiger charge is 2.68. The molecule has 1 N–H and O–H groups in total. The highest BCUT2D eigenvalue weighted by atomic mass is 16.6. The van der Waals surface area contributed by atoms with Gasteiger partial charge in [0, 0.05) is 37.5 Å². The maximum atomic E-state index is 12.7. The number of hydrogen-bond donors (Lipinski definition) is 1. The number of carbonyl (C=O) groups excluding carboxylic acids is 3. The van der Waals surface area contributed by atoms with E-state index < -0.39 is 23.1 Å². The van der Waals surface area contributed by atoms with Crippen molar-refractivity contribution in [2.45, 2.75) is 96.9 Å². The number of esters is 2. The second-order valence-electron chi connectivity index (χ2n) is 10.4. The fraction of sp³-hybridized carbons (Fsp3) is 0.870. The van der Waals surface area contributed by atoms with Crippen LogP contribution in [-0.2, 0) is 23.9 Å². The van der Waals surface area contributed by atoms with Crippen molar-refractivity contribution < 1.29 is 29.0 Å². The number of fused-ring (bicyclic) bond motifs is 5. The van der Waals surface area contributed by atoms with Crippen molar-refractivity contribution in [3.8, 4) is 0 Å². The van der Waals surface area contributed by atoms with E-state index in [0.29, 0.717) is 37.4 Å². The number of ketones is 1. The molecule has 0 aromatic rings. The van der Waals surface area contributed by atoms with Gasteiger partial charge in [0.1, 0.15) is 23.6 Å². The fourth-order valence-electron chi connectivity index (χ4n) is 7.67. The Morgan fingerprint density at radius 2 is 1.69 bits per heavy atom. The number of aliphatic hydroxyl groups is 1. The van der Waals surface area contributed by atoms with E-state index >= 15 is 0 Å². The van der Waals surface area contributed by atoms with E-state index in [1.165, 1.54) is 13.8 Å². The minimum absolute atomic E-state index is 0.264. The third kappa shape index (κ3) is 2.96. The molecule has 0 unspecified atom stereocenters. The predicted molar refractivity (Wildman–Crippen MR) is 105 cm³/mol. The summed E-state index contributed by atoms with van der Waals surface area (Å²) in [6, 6.07) is 0. The fourth-order valence-corrected chi connectivity index (χ4v) is 7.67. The van der Waals surface area contributed by atoms with Gasteiger partial charge in [0.15, 0.2) is 0 Å². The van der Waals surface area contributed by atoms with Crippen molar-refractivity contribution in [2.24, 2.45) is 28.6 Å². The van der Waals surface area contributed by atoms with Crippen molar-refractivity contribution in [3.63, 3.8) is 0 Å². The molecule has 4 aliphatic rings. The smallest absolute Gasteiger partial charge is 0.303 e. The van der Waals surface area contributed by atoms with Gasteiger partial charge in [-0.25, -0.2) is 0 Å². The topological polar surface area (TPSA) is 89.9 Å². The van der Waals surface area contributed by atoms with E-state index in [4.69, 9.17) is 9.47 Å². The average Bonchev–Trinajstić information content (AvgIpc) is 2.92. The summed E-state index contributed by atoms with van der Waals surface area (Å²) < 4.78 is 11.2. The molecule has 8 atom stereocenters. The molecule has 0 radical (unpaired) electrons. The first-order valence-electron chi connectivity index (χ1n) is 11.1. The normalized spacial score (nSPS) is 48.9. The first-order chi connectivity index (χ1) is 13.5. The van der Waals surface area contributed by atoms with Gasteiger partial charge in [0.2, 0.25) is 0 Å². The van der Waals surface area contributed by atoms with Crippen LogP contribution in [0.4, 0.5) is 0 Å². The van der Waals surface area contributed by atoms with Crippen LogP contribution in [0.1, 0.15) is 79.1 Å². The maximum Gasteiger partial charge on any atom is 0.303 e. The van der Waals surface area contributed by atoms with Crippen LogP contribution in [0.15, 0.2) is 0 Å². The molecular weight excluding hydrogens is 372 g/mol. The van der Waals surface area contributed by atoms with Crippen molar-refractivity contribution >= 4 is 17.7 Å². The number of ether oxygens (including phenoxy) is 2. The molecule has 0 bridgehead atoms. The molecular formula is C23H34O6. The van der Waals surface area contributed by atoms with Crippen LogP contribution < -0.4 is 0 Å². The predicted octanol–water partition coefficient (Wildman–Crippen LogP) is 3.19. The van der Waals surface area contributed by atoms with Crippen molar-refractivity contribution in [1.29, 1.82) is 0 Å². The van der Waals surface area contributed by atoms with Crippen LogP contribution in [-0.4, -0.2) is 40.6 Å². The standard InChI is InChI=1S/C23H34O6/c1-13(24)28-15-7-10-22(4)18-8-9-21(3)17(5-6-19(21)26)16(18)11-20(29-14(2)25)23(22,27)12-15/h15-18,20,27H,5-12H2,1-4H3/t15-,16-,17-,18-,20-,21+,22-,23+/m1/s1. The van der Waals surface area contributed by atoms with Crippen molar-refractivity contribution in [3.05, 3.63) is 0 Å². The summed E-state index contributed by atoms with van der Waals surface area (Å²) in [6.07, 6.45) is 4.62. The lowest BCUT2D eigenvalue weighted by Crippen LogP contribution is -2.69. The Hall–Kier alpha value is -1.43. The molecule has 0 saturated heterocycles. The summed E-state index contributed by atoms with van der Waals surface area (Å²) >= 11 is 0. The Bertz CT molecular complexity index is 733. The van der Waals surface area contributed by atoms with Crippen LogP contribution in [0.5, 0.6) is 0 Å². The monoisotopic (exact) mass is 406 g/mol. The Morgan fingerprint density at radius 3 is 2.34 bits per heavy atom. The van der Waals surface area contributed by atoms with Crippen LogP contribution in [0, 0.1) is 28.6 Å². The van der Waals surface area contributed by atoms with Gasteiger partial charge >= 0.3 is 11.9 Å². The molecule has 29 heavy (non-hydrogen) atoms. The number of Topliss-reactive ketones (excluding diaryl/α,β-unsaturated/α-hetero) is 1. The Labute approximate surface area is 172 Å². The molecule has 0 aromatic heterocycles. The third-order valence-corrected chi connectivity index (χ3v) is 9.14. The molecule has 0 amide bonds. The zero-order valence-corrected chi connectivity index (χ0v) is 18.0. The van der Waals surface area contributed by atoms with Crippen molar-refractivity contribution in [1.82, 2.24) is 0 Å². The van der Waals surface area contributed by atoms with Gasteiger partial charge in [0.05, 0.1) is 0 Å². The van der Waals surface area contributed by atoms with Crippen LogP contribution in [0.25, 0.3) is 0 Å². The zero-order valence-electron chi connectivity index (χ0n) is 18.0. The van der Waals surface area contributed by atoms with E-state index in [9.17, 15) is 19.5 Å². The molecule has 4 aliphatic carbocycles. The molecule has 6 heteroatoms. The van der Waals surface area contributed by atoms with E-state index in [-0.39, 0.29) is 29.3 Å². The van der Waals surface area contributed by atoms with E-state index in [0.717, 1.165) is 25.7 Å². The van der Waals surface area contributed by atoms with Crippen LogP contribution >= 0.6 is 0 Å². The molecule has 162 valence electrons. The van der Waals surface area contributed by atoms with E-state index in [1.807, 2.05) is 0 Å². The highest BCUT2D eigenvalue weighted by Crippen LogP contribution is 2.67. The Balaban J connectivity index is 1.71. The van der Waals surface area contributed by atoms with Gasteiger partial charge in [0.25, 0.3) is 0 Å². The maximum absolute atomic E-state index is 12.7. The first kappa shape index (κ1) is 20.8. The van der Waals surface area contributed by atoms with E-state index in [1.54, 1.807) is 0 Å². The summed E-state index contributed by atoms with van der Waals surface area (Å²) in [4.78, 5) is 36.1. The van der Waals surface area contributed by atoms with Crippen LogP contribution in [0.2, 0.25) is 0 Å². The molecule has 0 heterocycles. The SMILES string of the molecule is CC(=O)O[C@@H]1CC[C@]2(C)[C@@H]3CC[C@]4(C)C(=O)CC[C@@H]4[C@H]3C[C@@H](OC(C)=O)[C@@]2(O)C1. The quantitative estimate of drug-likeness (QED) is 0.709. The van der Waals surface area contributed by atoms with E-state index in [2.05, 4.69) is 13.8 Å². The largest absolute Gasteiger partial charge is 0.462 e. The second-order valence-corrected chi connectivity index (χ2v) is 10.4. The molecule has 4 saturated carbocycles. The van der Waals surface area contributed by atoms with Gasteiger partial charge < -0.3 is 14.6 Å². The third-order valence-electron chi connectivity index (χ3n) is 9.14. The number of hydrogen-bond acceptors (Lipinski definition) is 6. The number of carbonyl (C=O) groups is 3. The summed E-state index contributed by atoms with van der Waals surface area (Å²) in [5, 5.41) is 12.0. The molecule has 0 aliphatic heterocycles. The average molecular weight is 407 g/mol. The van der Waals surface area contributed by atoms with Crippen LogP contribution in [0.3, 0.4) is 0 Å². The summed E-state index contributed by atoms with van der Waals surface area (Å²) in [7, 11) is 0. The lowest BCUT2D eigenvalue weighted by atomic mass is 9.43. The van der Waals surface area contributed by atoms with Gasteiger partial charge in [-0.1, -0.05) is 13.8 Å². The zero-order chi connectivity index (χ0) is 21.2. The molecule has 0 aromatic carbocycles. The van der Waals surface area contributed by atoms with Gasteiger partial charge in [-0.15, -0.1) is 0 Å². The van der Waals surface area contributed by atoms with Gasteiger partial charge in [-0.3, -0.25) is 14.4 Å². The number of rotatable bonds is 2. The first-order valence-corrected chi connectivity index (χ1v) is 11.1. The van der Waals surface area contributed by atoms with Crippen molar-refractivity contribution in [2.75, 3.05) is 0 Å². The summed E-state index contributed by atoms with van der Waals surface area (Å²) in [6.45, 7) is 7.01. The Kier molecular flexibility index (Phi) is 4.88. The van der Waals surface area contributed by atoms with Gasteiger partial charge in [-0.05, 0) is 56.3 Å². The lowest BCUT2D eigenvalue weighted by Gasteiger charge is -2.65. The highest BCUT2D eigenvalue weighted by molar-refractivity contribution is 5.87. The summed E-state index contributed by atoms with van der Waals surface area (Å²) in [5.41, 5.74) is -1.93.